The van der Waals surface area contributed by atoms with Crippen LogP contribution in [-0.2, 0) is 6.42 Å². The maximum absolute atomic E-state index is 6.32. The molecule has 0 radical (unpaired) electrons. The molecule has 0 atom stereocenters. The summed E-state index contributed by atoms with van der Waals surface area (Å²) in [6, 6.07) is 12.8. The molecular weight excluding hydrogens is 344 g/mol. The second kappa shape index (κ2) is 6.73. The first-order chi connectivity index (χ1) is 13.2. The molecule has 0 unspecified atom stereocenters. The van der Waals surface area contributed by atoms with Gasteiger partial charge in [0.1, 0.15) is 5.58 Å². The molecule has 0 bridgehead atoms. The van der Waals surface area contributed by atoms with E-state index >= 15 is 0 Å². The quantitative estimate of drug-likeness (QED) is 0.386. The van der Waals surface area contributed by atoms with Crippen molar-refractivity contribution in [2.45, 2.75) is 53.9 Å². The van der Waals surface area contributed by atoms with Gasteiger partial charge in [0.25, 0.3) is 0 Å². The van der Waals surface area contributed by atoms with Gasteiger partial charge >= 0.3 is 0 Å². The highest BCUT2D eigenvalue weighted by atomic mass is 16.3. The van der Waals surface area contributed by atoms with Crippen LogP contribution in [0.3, 0.4) is 0 Å². The van der Waals surface area contributed by atoms with E-state index in [9.17, 15) is 0 Å². The van der Waals surface area contributed by atoms with E-state index in [1.54, 1.807) is 0 Å². The maximum Gasteiger partial charge on any atom is 0.227 e. The minimum atomic E-state index is 0.190. The van der Waals surface area contributed by atoms with Gasteiger partial charge < -0.3 is 4.42 Å². The Kier molecular flexibility index (Phi) is 4.49. The van der Waals surface area contributed by atoms with Gasteiger partial charge in [-0.1, -0.05) is 46.8 Å². The first-order valence-electron chi connectivity index (χ1n) is 10.0. The lowest BCUT2D eigenvalue weighted by molar-refractivity contribution is 0.406. The molecule has 3 aromatic heterocycles. The normalized spacial score (nSPS) is 12.4. The van der Waals surface area contributed by atoms with Crippen molar-refractivity contribution in [1.82, 2.24) is 9.97 Å². The van der Waals surface area contributed by atoms with Crippen LogP contribution < -0.4 is 0 Å². The van der Waals surface area contributed by atoms with E-state index in [4.69, 9.17) is 9.40 Å². The van der Waals surface area contributed by atoms with Crippen molar-refractivity contribution in [2.24, 2.45) is 5.41 Å². The summed E-state index contributed by atoms with van der Waals surface area (Å²) >= 11 is 0. The predicted molar refractivity (Wildman–Crippen MR) is 117 cm³/mol. The van der Waals surface area contributed by atoms with Crippen LogP contribution in [0.15, 0.2) is 47.0 Å². The fourth-order valence-electron chi connectivity index (χ4n) is 3.76. The number of hydrogen-bond donors (Lipinski definition) is 0. The summed E-state index contributed by atoms with van der Waals surface area (Å²) in [5.41, 5.74) is 7.32. The molecule has 0 aliphatic carbocycles. The Morgan fingerprint density at radius 1 is 1.00 bits per heavy atom. The molecular formula is C25H28N2O. The second-order valence-electron chi connectivity index (χ2n) is 9.26. The minimum Gasteiger partial charge on any atom is -0.437 e. The lowest BCUT2D eigenvalue weighted by Gasteiger charge is -2.16. The van der Waals surface area contributed by atoms with Gasteiger partial charge in [-0.05, 0) is 60.1 Å². The average Bonchev–Trinajstić information content (AvgIpc) is 2.97. The molecule has 0 aliphatic rings. The number of rotatable bonds is 3. The van der Waals surface area contributed by atoms with Crippen molar-refractivity contribution in [1.29, 1.82) is 0 Å². The highest BCUT2D eigenvalue weighted by Crippen LogP contribution is 2.37. The fraction of sp³-hybridized carbons (Fsp3) is 0.360. The molecule has 4 rings (SSSR count). The Morgan fingerprint density at radius 3 is 2.46 bits per heavy atom. The summed E-state index contributed by atoms with van der Waals surface area (Å²) in [6.45, 7) is 13.2. The summed E-state index contributed by atoms with van der Waals surface area (Å²) in [5, 5.41) is 2.16. The molecule has 0 fully saturated rings. The van der Waals surface area contributed by atoms with Gasteiger partial charge in [-0.2, -0.15) is 0 Å². The molecule has 3 heteroatoms. The third-order valence-electron chi connectivity index (χ3n) is 5.19. The van der Waals surface area contributed by atoms with Crippen LogP contribution in [-0.4, -0.2) is 9.97 Å². The maximum atomic E-state index is 6.32. The third kappa shape index (κ3) is 3.42. The van der Waals surface area contributed by atoms with Crippen LogP contribution >= 0.6 is 0 Å². The first kappa shape index (κ1) is 18.7. The van der Waals surface area contributed by atoms with Gasteiger partial charge in [0.05, 0.1) is 5.69 Å². The van der Waals surface area contributed by atoms with Crippen molar-refractivity contribution in [3.63, 3.8) is 0 Å². The van der Waals surface area contributed by atoms with Crippen LogP contribution in [0.2, 0.25) is 0 Å². The summed E-state index contributed by atoms with van der Waals surface area (Å²) in [5.74, 6) is 0.457. The van der Waals surface area contributed by atoms with E-state index in [2.05, 4.69) is 82.9 Å². The van der Waals surface area contributed by atoms with Gasteiger partial charge in [0, 0.05) is 28.2 Å². The zero-order valence-electron chi connectivity index (χ0n) is 17.6. The zero-order valence-corrected chi connectivity index (χ0v) is 17.6. The molecule has 3 heterocycles. The molecule has 0 aliphatic heterocycles. The molecule has 1 aromatic carbocycles. The van der Waals surface area contributed by atoms with E-state index in [1.807, 2.05) is 6.20 Å². The van der Waals surface area contributed by atoms with Crippen molar-refractivity contribution in [3.05, 3.63) is 59.4 Å². The smallest absolute Gasteiger partial charge is 0.227 e. The van der Waals surface area contributed by atoms with Gasteiger partial charge in [-0.15, -0.1) is 0 Å². The lowest BCUT2D eigenvalue weighted by Crippen LogP contribution is -2.10. The Bertz CT molecular complexity index is 1160. The zero-order chi connectivity index (χ0) is 20.1. The van der Waals surface area contributed by atoms with Gasteiger partial charge in [0.2, 0.25) is 5.71 Å². The largest absolute Gasteiger partial charge is 0.437 e. The van der Waals surface area contributed by atoms with Gasteiger partial charge in [0.15, 0.2) is 0 Å². The molecule has 0 saturated carbocycles. The molecule has 0 saturated heterocycles. The van der Waals surface area contributed by atoms with Crippen LogP contribution in [0.4, 0.5) is 0 Å². The molecule has 0 amide bonds. The molecule has 3 nitrogen and oxygen atoms in total. The van der Waals surface area contributed by atoms with Gasteiger partial charge in [-0.25, -0.2) is 4.98 Å². The summed E-state index contributed by atoms with van der Waals surface area (Å²) in [6.07, 6.45) is 2.81. The molecule has 0 N–H and O–H groups in total. The first-order valence-corrected chi connectivity index (χ1v) is 10.0. The highest BCUT2D eigenvalue weighted by molar-refractivity contribution is 6.09. The number of pyridine rings is 2. The third-order valence-corrected chi connectivity index (χ3v) is 5.19. The number of nitrogens with zero attached hydrogens (tertiary/aromatic N) is 2. The van der Waals surface area contributed by atoms with Crippen molar-refractivity contribution in [3.8, 4) is 11.3 Å². The number of furan rings is 1. The van der Waals surface area contributed by atoms with Crippen LogP contribution in [0, 0.1) is 12.3 Å². The summed E-state index contributed by atoms with van der Waals surface area (Å²) in [4.78, 5) is 9.48. The van der Waals surface area contributed by atoms with Crippen molar-refractivity contribution >= 4 is 22.1 Å². The SMILES string of the molecule is Cc1ccc2c(oc3nc(CC(C)(C)C)ccc32)c1-c1cc(C(C)C)ccn1. The molecule has 4 aromatic rings. The van der Waals surface area contributed by atoms with Crippen LogP contribution in [0.5, 0.6) is 0 Å². The van der Waals surface area contributed by atoms with Crippen LogP contribution in [0.1, 0.15) is 57.4 Å². The van der Waals surface area contributed by atoms with Crippen molar-refractivity contribution < 1.29 is 4.42 Å². The Labute approximate surface area is 166 Å². The van der Waals surface area contributed by atoms with E-state index in [1.165, 1.54) is 5.56 Å². The van der Waals surface area contributed by atoms with Crippen LogP contribution in [0.25, 0.3) is 33.3 Å². The monoisotopic (exact) mass is 372 g/mol. The average molecular weight is 373 g/mol. The van der Waals surface area contributed by atoms with Gasteiger partial charge in [-0.3, -0.25) is 4.98 Å². The molecule has 144 valence electrons. The summed E-state index contributed by atoms with van der Waals surface area (Å²) in [7, 11) is 0. The molecule has 0 spiro atoms. The summed E-state index contributed by atoms with van der Waals surface area (Å²) < 4.78 is 6.32. The van der Waals surface area contributed by atoms with E-state index in [0.717, 1.165) is 45.3 Å². The number of aromatic nitrogens is 2. The standard InChI is InChI=1S/C25H28N2O/c1-15(2)17-11-12-26-21(13-17)22-16(3)7-9-19-20-10-8-18(14-25(4,5)6)27-24(20)28-23(19)22/h7-13,15H,14H2,1-6H3. The number of benzene rings is 1. The fourth-order valence-corrected chi connectivity index (χ4v) is 3.76. The Hall–Kier alpha value is -2.68. The minimum absolute atomic E-state index is 0.190. The van der Waals surface area contributed by atoms with E-state index in [-0.39, 0.29) is 5.41 Å². The Morgan fingerprint density at radius 2 is 1.75 bits per heavy atom. The highest BCUT2D eigenvalue weighted by Gasteiger charge is 2.18. The topological polar surface area (TPSA) is 38.9 Å². The number of hydrogen-bond acceptors (Lipinski definition) is 3. The number of fused-ring (bicyclic) bond motifs is 3. The van der Waals surface area contributed by atoms with Crippen molar-refractivity contribution in [2.75, 3.05) is 0 Å². The lowest BCUT2D eigenvalue weighted by atomic mass is 9.90. The second-order valence-corrected chi connectivity index (χ2v) is 9.26. The number of aryl methyl sites for hydroxylation is 1. The van der Waals surface area contributed by atoms with E-state index < -0.39 is 0 Å². The van der Waals surface area contributed by atoms with E-state index in [0.29, 0.717) is 11.6 Å². The predicted octanol–water partition coefficient (Wildman–Crippen LogP) is 7.06. The Balaban J connectivity index is 1.93. The molecule has 28 heavy (non-hydrogen) atoms.